The molecule has 0 unspecified atom stereocenters. The van der Waals surface area contributed by atoms with E-state index in [2.05, 4.69) is 15.9 Å². The maximum Gasteiger partial charge on any atom is 0.335 e. The van der Waals surface area contributed by atoms with E-state index in [-0.39, 0.29) is 5.56 Å². The molecule has 108 valence electrons. The second-order valence-electron chi connectivity index (χ2n) is 4.44. The molecule has 0 aromatic heterocycles. The van der Waals surface area contributed by atoms with Gasteiger partial charge in [-0.2, -0.15) is 0 Å². The molecule has 0 fully saturated rings. The lowest BCUT2D eigenvalue weighted by Crippen LogP contribution is -2.13. The number of carboxylic acid groups (broad SMARTS) is 1. The van der Waals surface area contributed by atoms with Gasteiger partial charge in [0.2, 0.25) is 5.91 Å². The summed E-state index contributed by atoms with van der Waals surface area (Å²) in [5.74, 6) is -1.45. The highest BCUT2D eigenvalue weighted by atomic mass is 79.9. The van der Waals surface area contributed by atoms with Crippen molar-refractivity contribution in [2.45, 2.75) is 0 Å². The van der Waals surface area contributed by atoms with Crippen LogP contribution in [0.25, 0.3) is 0 Å². The summed E-state index contributed by atoms with van der Waals surface area (Å²) in [6.45, 7) is 0. The quantitative estimate of drug-likeness (QED) is 0.889. The Kier molecular flexibility index (Phi) is 4.28. The highest BCUT2D eigenvalue weighted by Crippen LogP contribution is 2.31. The molecule has 2 aromatic rings. The Labute approximate surface area is 130 Å². The molecule has 21 heavy (non-hydrogen) atoms. The van der Waals surface area contributed by atoms with Gasteiger partial charge in [0, 0.05) is 22.8 Å². The van der Waals surface area contributed by atoms with Gasteiger partial charge in [0.15, 0.2) is 0 Å². The standard InChI is InChI=1S/C15H13BrN2O3/c1-18(11-5-2-9(3-6-11)15(20)21)13-7-4-10(14(17)19)8-12(13)16/h2-8H,1H3,(H2,17,19)(H,20,21). The van der Waals surface area contributed by atoms with Crippen molar-refractivity contribution in [1.29, 1.82) is 0 Å². The number of hydrogen-bond donors (Lipinski definition) is 2. The summed E-state index contributed by atoms with van der Waals surface area (Å²) in [5.41, 5.74) is 7.55. The average Bonchev–Trinajstić information content (AvgIpc) is 2.46. The predicted octanol–water partition coefficient (Wildman–Crippen LogP) is 3.01. The highest BCUT2D eigenvalue weighted by Gasteiger charge is 2.11. The Morgan fingerprint density at radius 3 is 2.14 bits per heavy atom. The summed E-state index contributed by atoms with van der Waals surface area (Å²) in [4.78, 5) is 23.9. The van der Waals surface area contributed by atoms with Crippen molar-refractivity contribution in [3.8, 4) is 0 Å². The molecule has 2 aromatic carbocycles. The number of carbonyl (C=O) groups is 2. The minimum absolute atomic E-state index is 0.232. The second-order valence-corrected chi connectivity index (χ2v) is 5.30. The summed E-state index contributed by atoms with van der Waals surface area (Å²) in [7, 11) is 1.85. The van der Waals surface area contributed by atoms with Crippen LogP contribution in [0.1, 0.15) is 20.7 Å². The van der Waals surface area contributed by atoms with Gasteiger partial charge in [0.1, 0.15) is 0 Å². The fourth-order valence-corrected chi connectivity index (χ4v) is 2.54. The smallest absolute Gasteiger partial charge is 0.335 e. The molecule has 0 bridgehead atoms. The van der Waals surface area contributed by atoms with Crippen LogP contribution >= 0.6 is 15.9 Å². The molecule has 6 heteroatoms. The van der Waals surface area contributed by atoms with Crippen molar-refractivity contribution in [3.63, 3.8) is 0 Å². The van der Waals surface area contributed by atoms with Crippen molar-refractivity contribution in [3.05, 3.63) is 58.1 Å². The Bertz CT molecular complexity index is 699. The number of rotatable bonds is 4. The molecule has 0 heterocycles. The topological polar surface area (TPSA) is 83.6 Å². The summed E-state index contributed by atoms with van der Waals surface area (Å²) >= 11 is 3.41. The van der Waals surface area contributed by atoms with Crippen LogP contribution < -0.4 is 10.6 Å². The Morgan fingerprint density at radius 2 is 1.67 bits per heavy atom. The van der Waals surface area contributed by atoms with E-state index < -0.39 is 11.9 Å². The van der Waals surface area contributed by atoms with Gasteiger partial charge in [0.05, 0.1) is 11.3 Å². The van der Waals surface area contributed by atoms with Crippen molar-refractivity contribution in [1.82, 2.24) is 0 Å². The lowest BCUT2D eigenvalue weighted by Gasteiger charge is -2.21. The number of aromatic carboxylic acids is 1. The van der Waals surface area contributed by atoms with Gasteiger partial charge in [0.25, 0.3) is 0 Å². The number of amides is 1. The number of nitrogens with two attached hydrogens (primary N) is 1. The molecule has 2 rings (SSSR count). The number of hydrogen-bond acceptors (Lipinski definition) is 3. The molecule has 0 spiro atoms. The molecule has 0 aliphatic rings. The molecule has 0 saturated carbocycles. The molecule has 3 N–H and O–H groups in total. The zero-order valence-corrected chi connectivity index (χ0v) is 12.8. The van der Waals surface area contributed by atoms with Crippen LogP contribution in [0, 0.1) is 0 Å². The van der Waals surface area contributed by atoms with Crippen molar-refractivity contribution < 1.29 is 14.7 Å². The zero-order valence-electron chi connectivity index (χ0n) is 11.2. The van der Waals surface area contributed by atoms with Crippen LogP contribution in [0.4, 0.5) is 11.4 Å². The van der Waals surface area contributed by atoms with Crippen molar-refractivity contribution in [2.75, 3.05) is 11.9 Å². The minimum Gasteiger partial charge on any atom is -0.478 e. The number of benzene rings is 2. The van der Waals surface area contributed by atoms with E-state index in [1.54, 1.807) is 42.5 Å². The maximum atomic E-state index is 11.1. The molecule has 0 aliphatic heterocycles. The van der Waals surface area contributed by atoms with E-state index in [1.165, 1.54) is 0 Å². The van der Waals surface area contributed by atoms with E-state index >= 15 is 0 Å². The molecular formula is C15H13BrN2O3. The number of anilines is 2. The maximum absolute atomic E-state index is 11.1. The van der Waals surface area contributed by atoms with Crippen LogP contribution in [0.5, 0.6) is 0 Å². The molecule has 0 saturated heterocycles. The molecule has 0 radical (unpaired) electrons. The van der Waals surface area contributed by atoms with Crippen LogP contribution in [-0.2, 0) is 0 Å². The molecule has 5 nitrogen and oxygen atoms in total. The fourth-order valence-electron chi connectivity index (χ4n) is 1.90. The van der Waals surface area contributed by atoms with Gasteiger partial charge in [-0.25, -0.2) is 4.79 Å². The summed E-state index contributed by atoms with van der Waals surface area (Å²) < 4.78 is 0.726. The van der Waals surface area contributed by atoms with E-state index in [0.29, 0.717) is 5.56 Å². The predicted molar refractivity (Wildman–Crippen MR) is 84.1 cm³/mol. The van der Waals surface area contributed by atoms with E-state index in [4.69, 9.17) is 10.8 Å². The highest BCUT2D eigenvalue weighted by molar-refractivity contribution is 9.10. The number of nitrogens with zero attached hydrogens (tertiary/aromatic N) is 1. The van der Waals surface area contributed by atoms with E-state index in [9.17, 15) is 9.59 Å². The zero-order chi connectivity index (χ0) is 15.6. The first kappa shape index (κ1) is 15.1. The SMILES string of the molecule is CN(c1ccc(C(=O)O)cc1)c1ccc(C(N)=O)cc1Br. The monoisotopic (exact) mass is 348 g/mol. The summed E-state index contributed by atoms with van der Waals surface area (Å²) in [6.07, 6.45) is 0. The van der Waals surface area contributed by atoms with Crippen LogP contribution in [0.2, 0.25) is 0 Å². The van der Waals surface area contributed by atoms with E-state index in [1.807, 2.05) is 11.9 Å². The number of halogens is 1. The first-order chi connectivity index (χ1) is 9.90. The van der Waals surface area contributed by atoms with Gasteiger partial charge < -0.3 is 15.7 Å². The van der Waals surface area contributed by atoms with E-state index in [0.717, 1.165) is 15.8 Å². The largest absolute Gasteiger partial charge is 0.478 e. The third kappa shape index (κ3) is 3.22. The number of primary amides is 1. The Hall–Kier alpha value is -2.34. The first-order valence-corrected chi connectivity index (χ1v) is 6.86. The molecule has 1 amide bonds. The fraction of sp³-hybridized carbons (Fsp3) is 0.0667. The van der Waals surface area contributed by atoms with Crippen LogP contribution in [0.3, 0.4) is 0 Å². The molecule has 0 atom stereocenters. The van der Waals surface area contributed by atoms with Crippen LogP contribution in [0.15, 0.2) is 46.9 Å². The Morgan fingerprint density at radius 1 is 1.10 bits per heavy atom. The number of carbonyl (C=O) groups excluding carboxylic acids is 1. The van der Waals surface area contributed by atoms with Gasteiger partial charge >= 0.3 is 5.97 Å². The summed E-state index contributed by atoms with van der Waals surface area (Å²) in [5, 5.41) is 8.89. The first-order valence-electron chi connectivity index (χ1n) is 6.06. The van der Waals surface area contributed by atoms with Crippen LogP contribution in [-0.4, -0.2) is 24.0 Å². The average molecular weight is 349 g/mol. The number of carboxylic acids is 1. The van der Waals surface area contributed by atoms with Crippen molar-refractivity contribution in [2.24, 2.45) is 5.73 Å². The minimum atomic E-state index is -0.962. The van der Waals surface area contributed by atoms with Crippen molar-refractivity contribution >= 4 is 39.2 Å². The molecular weight excluding hydrogens is 336 g/mol. The second kappa shape index (κ2) is 5.97. The lowest BCUT2D eigenvalue weighted by molar-refractivity contribution is 0.0696. The third-order valence-electron chi connectivity index (χ3n) is 3.10. The van der Waals surface area contributed by atoms with Gasteiger partial charge in [-0.3, -0.25) is 4.79 Å². The van der Waals surface area contributed by atoms with Gasteiger partial charge in [-0.1, -0.05) is 0 Å². The molecule has 0 aliphatic carbocycles. The summed E-state index contributed by atoms with van der Waals surface area (Å²) in [6, 6.07) is 11.6. The lowest BCUT2D eigenvalue weighted by atomic mass is 10.1. The van der Waals surface area contributed by atoms with Gasteiger partial charge in [-0.15, -0.1) is 0 Å². The Balaban J connectivity index is 2.33. The third-order valence-corrected chi connectivity index (χ3v) is 3.73. The normalized spacial score (nSPS) is 10.2. The van der Waals surface area contributed by atoms with Gasteiger partial charge in [-0.05, 0) is 58.4 Å².